The lowest BCUT2D eigenvalue weighted by molar-refractivity contribution is 0.00994. The van der Waals surface area contributed by atoms with Gasteiger partial charge in [-0.1, -0.05) is 51.5 Å². The number of aliphatic hydroxyl groups is 1. The Bertz CT molecular complexity index is 948. The quantitative estimate of drug-likeness (QED) is 0.445. The molecular formula is C22H25NO5. The zero-order valence-corrected chi connectivity index (χ0v) is 16.3. The molecule has 28 heavy (non-hydrogen) atoms. The number of nitrogen functional groups attached to an aromatic ring is 1. The first-order chi connectivity index (χ1) is 13.2. The fourth-order valence-electron chi connectivity index (χ4n) is 3.42. The molecule has 1 atom stereocenters. The molecule has 6 heteroatoms. The molecule has 1 aliphatic carbocycles. The van der Waals surface area contributed by atoms with E-state index in [1.807, 2.05) is 20.8 Å². The number of carbonyl (C=O) groups is 2. The Morgan fingerprint density at radius 3 is 2.25 bits per heavy atom. The van der Waals surface area contributed by atoms with Crippen LogP contribution < -0.4 is 10.5 Å². The number of carbonyl (C=O) groups excluding carboxylic acids is 2. The molecule has 1 unspecified atom stereocenters. The van der Waals surface area contributed by atoms with Gasteiger partial charge in [0.2, 0.25) is 0 Å². The SMILES string of the molecule is CCCC(O)C(C)(C)COc1cc(O)c2c(c1N)C(=O)c1ccccc1C2=O. The molecule has 0 aromatic heterocycles. The third-order valence-electron chi connectivity index (χ3n) is 5.24. The van der Waals surface area contributed by atoms with E-state index < -0.39 is 23.1 Å². The summed E-state index contributed by atoms with van der Waals surface area (Å²) in [6.07, 6.45) is 0.896. The van der Waals surface area contributed by atoms with Crippen LogP contribution in [0.5, 0.6) is 11.5 Å². The molecule has 0 saturated heterocycles. The Hall–Kier alpha value is -2.86. The fraction of sp³-hybridized carbons (Fsp3) is 0.364. The molecule has 148 valence electrons. The van der Waals surface area contributed by atoms with Gasteiger partial charge < -0.3 is 20.7 Å². The van der Waals surface area contributed by atoms with Gasteiger partial charge in [0, 0.05) is 22.6 Å². The summed E-state index contributed by atoms with van der Waals surface area (Å²) in [5, 5.41) is 20.7. The van der Waals surface area contributed by atoms with Crippen molar-refractivity contribution in [2.24, 2.45) is 5.41 Å². The number of ether oxygens (including phenoxy) is 1. The van der Waals surface area contributed by atoms with E-state index in [1.54, 1.807) is 24.3 Å². The van der Waals surface area contributed by atoms with Gasteiger partial charge in [-0.05, 0) is 6.42 Å². The second kappa shape index (κ2) is 7.28. The maximum atomic E-state index is 12.9. The number of nitrogens with two attached hydrogens (primary N) is 1. The number of rotatable bonds is 6. The van der Waals surface area contributed by atoms with Crippen LogP contribution in [0.15, 0.2) is 30.3 Å². The van der Waals surface area contributed by atoms with Crippen molar-refractivity contribution in [2.45, 2.75) is 39.7 Å². The van der Waals surface area contributed by atoms with Crippen LogP contribution in [0, 0.1) is 5.41 Å². The lowest BCUT2D eigenvalue weighted by Gasteiger charge is -2.31. The Labute approximate surface area is 163 Å². The molecular weight excluding hydrogens is 358 g/mol. The standard InChI is InChI=1S/C22H25NO5/c1-4-7-16(25)22(2,3)11-28-15-10-14(24)17-18(19(15)23)21(27)13-9-6-5-8-12(13)20(17)26/h5-6,8-10,16,24-25H,4,7,11,23H2,1-3H3. The Morgan fingerprint density at radius 2 is 1.68 bits per heavy atom. The van der Waals surface area contributed by atoms with Crippen LogP contribution in [0.1, 0.15) is 65.5 Å². The summed E-state index contributed by atoms with van der Waals surface area (Å²) in [5.41, 5.74) is 6.00. The van der Waals surface area contributed by atoms with Gasteiger partial charge >= 0.3 is 0 Å². The van der Waals surface area contributed by atoms with E-state index in [9.17, 15) is 19.8 Å². The number of phenolic OH excluding ortho intramolecular Hbond substituents is 1. The maximum Gasteiger partial charge on any atom is 0.198 e. The van der Waals surface area contributed by atoms with E-state index in [0.717, 1.165) is 6.42 Å². The topological polar surface area (TPSA) is 110 Å². The van der Waals surface area contributed by atoms with Crippen LogP contribution in [0.3, 0.4) is 0 Å². The van der Waals surface area contributed by atoms with Gasteiger partial charge in [-0.3, -0.25) is 9.59 Å². The number of fused-ring (bicyclic) bond motifs is 2. The number of aromatic hydroxyl groups is 1. The van der Waals surface area contributed by atoms with Crippen LogP contribution in [-0.2, 0) is 0 Å². The minimum Gasteiger partial charge on any atom is -0.507 e. The predicted molar refractivity (Wildman–Crippen MR) is 106 cm³/mol. The second-order valence-corrected chi connectivity index (χ2v) is 7.84. The number of benzene rings is 2. The van der Waals surface area contributed by atoms with Crippen molar-refractivity contribution in [1.82, 2.24) is 0 Å². The van der Waals surface area contributed by atoms with Crippen LogP contribution in [0.4, 0.5) is 5.69 Å². The number of ketones is 2. The van der Waals surface area contributed by atoms with Crippen LogP contribution in [0.2, 0.25) is 0 Å². The van der Waals surface area contributed by atoms with Crippen molar-refractivity contribution >= 4 is 17.3 Å². The highest BCUT2D eigenvalue weighted by Gasteiger charge is 2.36. The molecule has 0 bridgehead atoms. The molecule has 0 saturated carbocycles. The van der Waals surface area contributed by atoms with Crippen LogP contribution >= 0.6 is 0 Å². The second-order valence-electron chi connectivity index (χ2n) is 7.84. The molecule has 2 aromatic rings. The fourth-order valence-corrected chi connectivity index (χ4v) is 3.42. The smallest absolute Gasteiger partial charge is 0.198 e. The Balaban J connectivity index is 1.99. The highest BCUT2D eigenvalue weighted by Crippen LogP contribution is 2.41. The first-order valence-corrected chi connectivity index (χ1v) is 9.33. The van der Waals surface area contributed by atoms with E-state index in [0.29, 0.717) is 6.42 Å². The predicted octanol–water partition coefficient (Wildman–Crippen LogP) is 3.32. The molecule has 0 amide bonds. The van der Waals surface area contributed by atoms with E-state index >= 15 is 0 Å². The van der Waals surface area contributed by atoms with Crippen molar-refractivity contribution in [1.29, 1.82) is 0 Å². The normalized spacial score (nSPS) is 14.4. The summed E-state index contributed by atoms with van der Waals surface area (Å²) < 4.78 is 5.78. The molecule has 0 aliphatic heterocycles. The van der Waals surface area contributed by atoms with Gasteiger partial charge in [0.25, 0.3) is 0 Å². The molecule has 6 nitrogen and oxygen atoms in total. The van der Waals surface area contributed by atoms with Gasteiger partial charge in [-0.25, -0.2) is 0 Å². The summed E-state index contributed by atoms with van der Waals surface area (Å²) in [6, 6.07) is 7.71. The molecule has 4 N–H and O–H groups in total. The number of anilines is 1. The minimum atomic E-state index is -0.569. The van der Waals surface area contributed by atoms with Gasteiger partial charge in [-0.15, -0.1) is 0 Å². The van der Waals surface area contributed by atoms with E-state index in [1.165, 1.54) is 6.07 Å². The highest BCUT2D eigenvalue weighted by atomic mass is 16.5. The largest absolute Gasteiger partial charge is 0.507 e. The first-order valence-electron chi connectivity index (χ1n) is 9.33. The van der Waals surface area contributed by atoms with Gasteiger partial charge in [0.05, 0.1) is 29.5 Å². The summed E-state index contributed by atoms with van der Waals surface area (Å²) in [6.45, 7) is 5.86. The molecule has 0 radical (unpaired) electrons. The van der Waals surface area contributed by atoms with Gasteiger partial charge in [-0.2, -0.15) is 0 Å². The number of aliphatic hydroxyl groups excluding tert-OH is 1. The van der Waals surface area contributed by atoms with Crippen molar-refractivity contribution in [2.75, 3.05) is 12.3 Å². The molecule has 2 aromatic carbocycles. The molecule has 3 rings (SSSR count). The van der Waals surface area contributed by atoms with Crippen molar-refractivity contribution in [3.63, 3.8) is 0 Å². The van der Waals surface area contributed by atoms with Crippen molar-refractivity contribution < 1.29 is 24.5 Å². The third kappa shape index (κ3) is 3.24. The number of hydrogen-bond acceptors (Lipinski definition) is 6. The van der Waals surface area contributed by atoms with Gasteiger partial charge in [0.1, 0.15) is 11.5 Å². The van der Waals surface area contributed by atoms with Crippen molar-refractivity contribution in [3.05, 3.63) is 52.6 Å². The zero-order valence-electron chi connectivity index (χ0n) is 16.3. The first kappa shape index (κ1) is 19.9. The Morgan fingerprint density at radius 1 is 1.11 bits per heavy atom. The monoisotopic (exact) mass is 383 g/mol. The Kier molecular flexibility index (Phi) is 5.17. The van der Waals surface area contributed by atoms with Gasteiger partial charge in [0.15, 0.2) is 11.6 Å². The summed E-state index contributed by atoms with van der Waals surface area (Å²) in [7, 11) is 0. The highest BCUT2D eigenvalue weighted by molar-refractivity contribution is 6.31. The maximum absolute atomic E-state index is 12.9. The van der Waals surface area contributed by atoms with E-state index in [-0.39, 0.29) is 46.0 Å². The summed E-state index contributed by atoms with van der Waals surface area (Å²) >= 11 is 0. The lowest BCUT2D eigenvalue weighted by atomic mass is 9.82. The zero-order chi connectivity index (χ0) is 20.6. The minimum absolute atomic E-state index is 0.0152. The average Bonchev–Trinajstić information content (AvgIpc) is 2.66. The summed E-state index contributed by atoms with van der Waals surface area (Å²) in [4.78, 5) is 25.7. The summed E-state index contributed by atoms with van der Waals surface area (Å²) in [5.74, 6) is -1.10. The van der Waals surface area contributed by atoms with E-state index in [2.05, 4.69) is 0 Å². The molecule has 1 aliphatic rings. The lowest BCUT2D eigenvalue weighted by Crippen LogP contribution is -2.35. The van der Waals surface area contributed by atoms with E-state index in [4.69, 9.17) is 10.5 Å². The average molecular weight is 383 g/mol. The molecule has 0 heterocycles. The van der Waals surface area contributed by atoms with Crippen LogP contribution in [-0.4, -0.2) is 34.5 Å². The van der Waals surface area contributed by atoms with Crippen LogP contribution in [0.25, 0.3) is 0 Å². The number of hydrogen-bond donors (Lipinski definition) is 3. The third-order valence-corrected chi connectivity index (χ3v) is 5.24. The number of phenols is 1. The molecule has 0 spiro atoms. The molecule has 0 fully saturated rings. The van der Waals surface area contributed by atoms with Crippen molar-refractivity contribution in [3.8, 4) is 11.5 Å².